The monoisotopic (exact) mass is 341 g/mol. The van der Waals surface area contributed by atoms with Crippen LogP contribution < -0.4 is 0 Å². The van der Waals surface area contributed by atoms with Crippen molar-refractivity contribution in [2.24, 2.45) is 7.05 Å². The molecule has 3 aromatic rings. The second-order valence-corrected chi connectivity index (χ2v) is 7.71. The van der Waals surface area contributed by atoms with E-state index in [1.54, 1.807) is 11.6 Å². The number of fused-ring (bicyclic) bond motifs is 3. The van der Waals surface area contributed by atoms with Crippen LogP contribution in [0.1, 0.15) is 0 Å². The maximum atomic E-state index is 11.2. The Morgan fingerprint density at radius 1 is 0.773 bits per heavy atom. The number of nitrogens with zero attached hydrogens (tertiary/aromatic N) is 1. The summed E-state index contributed by atoms with van der Waals surface area (Å²) >= 11 is 0. The minimum absolute atomic E-state index is 0.244. The number of rotatable bonds is 2. The summed E-state index contributed by atoms with van der Waals surface area (Å²) in [4.78, 5) is -0.493. The van der Waals surface area contributed by atoms with E-state index in [1.807, 2.05) is 0 Å². The lowest BCUT2D eigenvalue weighted by molar-refractivity contribution is 0.481. The Hall–Kier alpha value is -1.94. The summed E-state index contributed by atoms with van der Waals surface area (Å²) < 4.78 is 64.8. The average Bonchev–Trinajstić information content (AvgIpc) is 2.70. The van der Waals surface area contributed by atoms with Gasteiger partial charge in [0.1, 0.15) is 0 Å². The first-order valence-corrected chi connectivity index (χ1v) is 8.94. The summed E-state index contributed by atoms with van der Waals surface area (Å²) in [6.45, 7) is 0. The van der Waals surface area contributed by atoms with Crippen molar-refractivity contribution >= 4 is 42.0 Å². The molecule has 0 radical (unpaired) electrons. The average molecular weight is 341 g/mol. The third-order valence-corrected chi connectivity index (χ3v) is 5.25. The van der Waals surface area contributed by atoms with Crippen LogP contribution in [0.5, 0.6) is 0 Å². The standard InChI is InChI=1S/C13H11NO6S2/c1-14-12-5-3-8(21(15,16)17)6-11(12)10-4-2-9(7-13(10)14)22(18,19)20/h2-7H,1H3,(H,15,16,17)(H,18,19,20). The van der Waals surface area contributed by atoms with Crippen LogP contribution in [0.3, 0.4) is 0 Å². The van der Waals surface area contributed by atoms with Gasteiger partial charge in [0.2, 0.25) is 0 Å². The van der Waals surface area contributed by atoms with Gasteiger partial charge in [0.05, 0.1) is 15.3 Å². The van der Waals surface area contributed by atoms with Gasteiger partial charge in [-0.1, -0.05) is 6.07 Å². The van der Waals surface area contributed by atoms with Crippen LogP contribution in [0.25, 0.3) is 21.8 Å². The Labute approximate surface area is 126 Å². The maximum Gasteiger partial charge on any atom is 0.294 e. The molecule has 1 aromatic heterocycles. The molecule has 0 fully saturated rings. The molecule has 116 valence electrons. The molecule has 0 saturated heterocycles. The fraction of sp³-hybridized carbons (Fsp3) is 0.0769. The van der Waals surface area contributed by atoms with E-state index in [9.17, 15) is 16.8 Å². The molecule has 0 aliphatic carbocycles. The highest BCUT2D eigenvalue weighted by molar-refractivity contribution is 7.86. The first-order chi connectivity index (χ1) is 10.1. The van der Waals surface area contributed by atoms with Crippen LogP contribution in [-0.2, 0) is 27.3 Å². The summed E-state index contributed by atoms with van der Waals surface area (Å²) in [5, 5.41) is 1.16. The van der Waals surface area contributed by atoms with Crippen molar-refractivity contribution in [1.82, 2.24) is 4.57 Å². The molecule has 2 N–H and O–H groups in total. The van der Waals surface area contributed by atoms with Gasteiger partial charge in [0.25, 0.3) is 20.2 Å². The topological polar surface area (TPSA) is 114 Å². The van der Waals surface area contributed by atoms with E-state index in [2.05, 4.69) is 0 Å². The van der Waals surface area contributed by atoms with Crippen molar-refractivity contribution in [3.63, 3.8) is 0 Å². The summed E-state index contributed by atoms with van der Waals surface area (Å²) in [5.41, 5.74) is 1.17. The molecule has 0 atom stereocenters. The summed E-state index contributed by atoms with van der Waals surface area (Å²) in [5.74, 6) is 0. The lowest BCUT2D eigenvalue weighted by Gasteiger charge is -2.00. The highest BCUT2D eigenvalue weighted by Crippen LogP contribution is 2.31. The first kappa shape index (κ1) is 15.0. The molecule has 0 bridgehead atoms. The molecule has 0 saturated carbocycles. The van der Waals surface area contributed by atoms with Crippen LogP contribution in [0, 0.1) is 0 Å². The summed E-state index contributed by atoms with van der Waals surface area (Å²) in [7, 11) is -6.97. The van der Waals surface area contributed by atoms with E-state index >= 15 is 0 Å². The highest BCUT2D eigenvalue weighted by Gasteiger charge is 2.17. The molecular weight excluding hydrogens is 330 g/mol. The Kier molecular flexibility index (Phi) is 3.08. The molecule has 2 aromatic carbocycles. The van der Waals surface area contributed by atoms with Crippen molar-refractivity contribution in [3.05, 3.63) is 36.4 Å². The molecule has 1 heterocycles. The minimum Gasteiger partial charge on any atom is -0.344 e. The number of aryl methyl sites for hydroxylation is 1. The Morgan fingerprint density at radius 2 is 1.32 bits per heavy atom. The van der Waals surface area contributed by atoms with Gasteiger partial charge in [0.15, 0.2) is 0 Å². The Balaban J connectivity index is 2.44. The zero-order valence-electron chi connectivity index (χ0n) is 11.3. The van der Waals surface area contributed by atoms with Crippen LogP contribution in [0.15, 0.2) is 46.2 Å². The van der Waals surface area contributed by atoms with Gasteiger partial charge in [-0.15, -0.1) is 0 Å². The van der Waals surface area contributed by atoms with E-state index in [4.69, 9.17) is 9.11 Å². The molecule has 0 unspecified atom stereocenters. The molecule has 0 aliphatic heterocycles. The molecule has 0 amide bonds. The predicted octanol–water partition coefficient (Wildman–Crippen LogP) is 1.82. The highest BCUT2D eigenvalue weighted by atomic mass is 32.2. The zero-order valence-corrected chi connectivity index (χ0v) is 12.9. The van der Waals surface area contributed by atoms with Gasteiger partial charge in [-0.05, 0) is 30.3 Å². The van der Waals surface area contributed by atoms with Crippen molar-refractivity contribution in [1.29, 1.82) is 0 Å². The van der Waals surface area contributed by atoms with Gasteiger partial charge in [0, 0.05) is 23.3 Å². The zero-order chi connectivity index (χ0) is 16.3. The van der Waals surface area contributed by atoms with Crippen LogP contribution in [-0.4, -0.2) is 30.5 Å². The third-order valence-electron chi connectivity index (χ3n) is 3.55. The van der Waals surface area contributed by atoms with Crippen molar-refractivity contribution in [2.45, 2.75) is 9.79 Å². The SMILES string of the molecule is Cn1c2ccc(S(=O)(=O)O)cc2c2ccc(S(=O)(=O)O)cc21. The second kappa shape index (κ2) is 4.53. The lowest BCUT2D eigenvalue weighted by atomic mass is 10.1. The summed E-state index contributed by atoms with van der Waals surface area (Å²) in [6, 6.07) is 8.12. The molecule has 0 spiro atoms. The minimum atomic E-state index is -4.33. The number of aromatic nitrogens is 1. The fourth-order valence-electron chi connectivity index (χ4n) is 2.49. The fourth-order valence-corrected chi connectivity index (χ4v) is 3.50. The van der Waals surface area contributed by atoms with Crippen LogP contribution in [0.2, 0.25) is 0 Å². The maximum absolute atomic E-state index is 11.2. The van der Waals surface area contributed by atoms with Crippen molar-refractivity contribution in [3.8, 4) is 0 Å². The van der Waals surface area contributed by atoms with Gasteiger partial charge in [-0.2, -0.15) is 16.8 Å². The number of benzene rings is 2. The van der Waals surface area contributed by atoms with Crippen LogP contribution in [0.4, 0.5) is 0 Å². The largest absolute Gasteiger partial charge is 0.344 e. The molecule has 22 heavy (non-hydrogen) atoms. The predicted molar refractivity (Wildman–Crippen MR) is 80.1 cm³/mol. The van der Waals surface area contributed by atoms with E-state index in [1.165, 1.54) is 36.4 Å². The van der Waals surface area contributed by atoms with Gasteiger partial charge >= 0.3 is 0 Å². The molecule has 9 heteroatoms. The molecular formula is C13H11NO6S2. The first-order valence-electron chi connectivity index (χ1n) is 6.06. The quantitative estimate of drug-likeness (QED) is 0.687. The van der Waals surface area contributed by atoms with E-state index in [0.29, 0.717) is 21.8 Å². The Morgan fingerprint density at radius 3 is 1.91 bits per heavy atom. The van der Waals surface area contributed by atoms with Crippen LogP contribution >= 0.6 is 0 Å². The van der Waals surface area contributed by atoms with E-state index in [0.717, 1.165) is 0 Å². The second-order valence-electron chi connectivity index (χ2n) is 4.87. The molecule has 7 nitrogen and oxygen atoms in total. The summed E-state index contributed by atoms with van der Waals surface area (Å²) in [6.07, 6.45) is 0. The van der Waals surface area contributed by atoms with Gasteiger partial charge in [-0.25, -0.2) is 0 Å². The normalized spacial score (nSPS) is 13.0. The van der Waals surface area contributed by atoms with Gasteiger partial charge in [-0.3, -0.25) is 9.11 Å². The third kappa shape index (κ3) is 2.28. The van der Waals surface area contributed by atoms with E-state index < -0.39 is 20.2 Å². The van der Waals surface area contributed by atoms with E-state index in [-0.39, 0.29) is 9.79 Å². The van der Waals surface area contributed by atoms with Crippen molar-refractivity contribution < 1.29 is 25.9 Å². The molecule has 0 aliphatic rings. The van der Waals surface area contributed by atoms with Gasteiger partial charge < -0.3 is 4.57 Å². The lowest BCUT2D eigenvalue weighted by Crippen LogP contribution is -1.98. The number of hydrogen-bond acceptors (Lipinski definition) is 4. The molecule has 3 rings (SSSR count). The van der Waals surface area contributed by atoms with Crippen molar-refractivity contribution in [2.75, 3.05) is 0 Å². The number of hydrogen-bond donors (Lipinski definition) is 2. The Bertz CT molecular complexity index is 1130. The smallest absolute Gasteiger partial charge is 0.294 e.